The predicted octanol–water partition coefficient (Wildman–Crippen LogP) is 2.67. The van der Waals surface area contributed by atoms with E-state index in [4.69, 9.17) is 9.84 Å². The van der Waals surface area contributed by atoms with E-state index >= 15 is 0 Å². The van der Waals surface area contributed by atoms with Gasteiger partial charge in [-0.1, -0.05) is 12.1 Å². The van der Waals surface area contributed by atoms with E-state index in [1.807, 2.05) is 37.3 Å². The molecular formula is C13H13NO2. The molecule has 1 N–H and O–H groups in total. The highest BCUT2D eigenvalue weighted by molar-refractivity contribution is 5.35. The Bertz CT molecular complexity index is 466. The molecule has 0 amide bonds. The minimum Gasteiger partial charge on any atom is -0.457 e. The fourth-order valence-electron chi connectivity index (χ4n) is 1.37. The number of pyridine rings is 1. The van der Waals surface area contributed by atoms with Crippen molar-refractivity contribution in [3.05, 3.63) is 53.9 Å². The molecule has 3 nitrogen and oxygen atoms in total. The summed E-state index contributed by atoms with van der Waals surface area (Å²) in [5.41, 5.74) is 1.87. The van der Waals surface area contributed by atoms with Crippen molar-refractivity contribution in [2.24, 2.45) is 0 Å². The van der Waals surface area contributed by atoms with Gasteiger partial charge < -0.3 is 9.84 Å². The van der Waals surface area contributed by atoms with Gasteiger partial charge in [0.05, 0.1) is 6.61 Å². The van der Waals surface area contributed by atoms with Crippen LogP contribution in [-0.2, 0) is 6.61 Å². The Kier molecular flexibility index (Phi) is 3.17. The van der Waals surface area contributed by atoms with Crippen molar-refractivity contribution in [3.8, 4) is 11.5 Å². The van der Waals surface area contributed by atoms with E-state index in [1.165, 1.54) is 0 Å². The quantitative estimate of drug-likeness (QED) is 0.855. The molecule has 1 aromatic carbocycles. The van der Waals surface area contributed by atoms with Crippen molar-refractivity contribution >= 4 is 0 Å². The molecule has 0 aliphatic rings. The van der Waals surface area contributed by atoms with Crippen LogP contribution in [0.4, 0.5) is 0 Å². The van der Waals surface area contributed by atoms with Crippen LogP contribution in [-0.4, -0.2) is 10.1 Å². The summed E-state index contributed by atoms with van der Waals surface area (Å²) in [7, 11) is 0. The molecule has 0 atom stereocenters. The van der Waals surface area contributed by atoms with Gasteiger partial charge in [0.25, 0.3) is 0 Å². The first-order chi connectivity index (χ1) is 7.79. The third kappa shape index (κ3) is 2.38. The lowest BCUT2D eigenvalue weighted by Crippen LogP contribution is -1.89. The number of hydrogen-bond donors (Lipinski definition) is 1. The van der Waals surface area contributed by atoms with Crippen LogP contribution in [0.15, 0.2) is 42.7 Å². The summed E-state index contributed by atoms with van der Waals surface area (Å²) >= 11 is 0. The van der Waals surface area contributed by atoms with E-state index < -0.39 is 0 Å². The van der Waals surface area contributed by atoms with Gasteiger partial charge in [0, 0.05) is 18.0 Å². The molecule has 0 aliphatic carbocycles. The topological polar surface area (TPSA) is 42.4 Å². The maximum atomic E-state index is 8.91. The number of aliphatic hydroxyl groups is 1. The van der Waals surface area contributed by atoms with Crippen molar-refractivity contribution in [1.82, 2.24) is 4.98 Å². The van der Waals surface area contributed by atoms with Gasteiger partial charge >= 0.3 is 0 Å². The van der Waals surface area contributed by atoms with E-state index in [-0.39, 0.29) is 6.61 Å². The Hall–Kier alpha value is -1.87. The second kappa shape index (κ2) is 4.77. The average Bonchev–Trinajstić information content (AvgIpc) is 2.33. The highest BCUT2D eigenvalue weighted by Crippen LogP contribution is 2.23. The summed E-state index contributed by atoms with van der Waals surface area (Å²) in [5.74, 6) is 1.55. The molecule has 3 heteroatoms. The molecular weight excluding hydrogens is 202 g/mol. The minimum absolute atomic E-state index is 0.0502. The van der Waals surface area contributed by atoms with Crippen molar-refractivity contribution < 1.29 is 9.84 Å². The number of aromatic nitrogens is 1. The lowest BCUT2D eigenvalue weighted by molar-refractivity contribution is 0.281. The molecule has 0 saturated carbocycles. The van der Waals surface area contributed by atoms with E-state index in [1.54, 1.807) is 12.4 Å². The number of aryl methyl sites for hydroxylation is 1. The molecule has 0 spiro atoms. The Labute approximate surface area is 94.3 Å². The highest BCUT2D eigenvalue weighted by Gasteiger charge is 2.00. The van der Waals surface area contributed by atoms with Gasteiger partial charge in [-0.2, -0.15) is 0 Å². The van der Waals surface area contributed by atoms with Crippen LogP contribution in [0.25, 0.3) is 0 Å². The Balaban J connectivity index is 2.18. The second-order valence-corrected chi connectivity index (χ2v) is 3.55. The fraction of sp³-hybridized carbons (Fsp3) is 0.154. The first kappa shape index (κ1) is 10.6. The normalized spacial score (nSPS) is 10.1. The maximum absolute atomic E-state index is 8.91. The van der Waals surface area contributed by atoms with Gasteiger partial charge in [0.2, 0.25) is 0 Å². The zero-order chi connectivity index (χ0) is 11.4. The lowest BCUT2D eigenvalue weighted by Gasteiger charge is -2.08. The van der Waals surface area contributed by atoms with Gasteiger partial charge in [0.1, 0.15) is 11.5 Å². The molecule has 1 heterocycles. The number of aliphatic hydroxyl groups excluding tert-OH is 1. The first-order valence-corrected chi connectivity index (χ1v) is 5.08. The van der Waals surface area contributed by atoms with Crippen LogP contribution in [0.2, 0.25) is 0 Å². The van der Waals surface area contributed by atoms with Gasteiger partial charge in [0.15, 0.2) is 0 Å². The van der Waals surface area contributed by atoms with Crippen LogP contribution >= 0.6 is 0 Å². The average molecular weight is 215 g/mol. The van der Waals surface area contributed by atoms with Crippen LogP contribution < -0.4 is 4.74 Å². The predicted molar refractivity (Wildman–Crippen MR) is 61.4 cm³/mol. The van der Waals surface area contributed by atoms with E-state index in [2.05, 4.69) is 4.98 Å². The number of rotatable bonds is 3. The number of hydrogen-bond acceptors (Lipinski definition) is 3. The standard InChI is InChI=1S/C13H13NO2/c1-10-8-14-7-6-13(10)16-12-4-2-11(9-15)3-5-12/h2-8,15H,9H2,1H3. The van der Waals surface area contributed by atoms with E-state index in [0.717, 1.165) is 22.6 Å². The molecule has 82 valence electrons. The van der Waals surface area contributed by atoms with Crippen molar-refractivity contribution in [2.45, 2.75) is 13.5 Å². The molecule has 0 unspecified atom stereocenters. The van der Waals surface area contributed by atoms with Gasteiger partial charge in [-0.15, -0.1) is 0 Å². The molecule has 0 aliphatic heterocycles. The molecule has 0 saturated heterocycles. The van der Waals surface area contributed by atoms with Crippen LogP contribution in [0.5, 0.6) is 11.5 Å². The maximum Gasteiger partial charge on any atom is 0.133 e. The fourth-order valence-corrected chi connectivity index (χ4v) is 1.37. The van der Waals surface area contributed by atoms with Crippen molar-refractivity contribution in [3.63, 3.8) is 0 Å². The minimum atomic E-state index is 0.0502. The van der Waals surface area contributed by atoms with Crippen molar-refractivity contribution in [1.29, 1.82) is 0 Å². The van der Waals surface area contributed by atoms with Gasteiger partial charge in [-0.05, 0) is 30.7 Å². The smallest absolute Gasteiger partial charge is 0.133 e. The number of ether oxygens (including phenoxy) is 1. The Morgan fingerprint density at radius 3 is 2.56 bits per heavy atom. The zero-order valence-electron chi connectivity index (χ0n) is 9.05. The monoisotopic (exact) mass is 215 g/mol. The summed E-state index contributed by atoms with van der Waals surface area (Å²) in [6, 6.07) is 9.18. The van der Waals surface area contributed by atoms with Crippen molar-refractivity contribution in [2.75, 3.05) is 0 Å². The Morgan fingerprint density at radius 2 is 1.94 bits per heavy atom. The summed E-state index contributed by atoms with van der Waals surface area (Å²) in [6.07, 6.45) is 3.46. The summed E-state index contributed by atoms with van der Waals surface area (Å²) in [4.78, 5) is 4.00. The second-order valence-electron chi connectivity index (χ2n) is 3.55. The molecule has 2 aromatic rings. The number of benzene rings is 1. The molecule has 0 radical (unpaired) electrons. The van der Waals surface area contributed by atoms with Crippen LogP contribution in [0.3, 0.4) is 0 Å². The number of nitrogens with zero attached hydrogens (tertiary/aromatic N) is 1. The Morgan fingerprint density at radius 1 is 1.19 bits per heavy atom. The third-order valence-electron chi connectivity index (χ3n) is 2.30. The summed E-state index contributed by atoms with van der Waals surface area (Å²) in [6.45, 7) is 2.00. The van der Waals surface area contributed by atoms with E-state index in [0.29, 0.717) is 0 Å². The summed E-state index contributed by atoms with van der Waals surface area (Å²) < 4.78 is 5.69. The lowest BCUT2D eigenvalue weighted by atomic mass is 10.2. The summed E-state index contributed by atoms with van der Waals surface area (Å²) in [5, 5.41) is 8.91. The zero-order valence-corrected chi connectivity index (χ0v) is 9.05. The first-order valence-electron chi connectivity index (χ1n) is 5.08. The molecule has 0 fully saturated rings. The SMILES string of the molecule is Cc1cnccc1Oc1ccc(CO)cc1. The van der Waals surface area contributed by atoms with Gasteiger partial charge in [-0.3, -0.25) is 4.98 Å². The molecule has 2 rings (SSSR count). The largest absolute Gasteiger partial charge is 0.457 e. The third-order valence-corrected chi connectivity index (χ3v) is 2.30. The van der Waals surface area contributed by atoms with Crippen LogP contribution in [0.1, 0.15) is 11.1 Å². The highest BCUT2D eigenvalue weighted by atomic mass is 16.5. The molecule has 16 heavy (non-hydrogen) atoms. The molecule has 0 bridgehead atoms. The van der Waals surface area contributed by atoms with Gasteiger partial charge in [-0.25, -0.2) is 0 Å². The molecule has 1 aromatic heterocycles. The van der Waals surface area contributed by atoms with Crippen LogP contribution in [0, 0.1) is 6.92 Å². The van der Waals surface area contributed by atoms with E-state index in [9.17, 15) is 0 Å².